The molecule has 25 heavy (non-hydrogen) atoms. The Kier molecular flexibility index (Phi) is 5.65. The lowest BCUT2D eigenvalue weighted by Gasteiger charge is -2.34. The largest absolute Gasteiger partial charge is 0.383 e. The number of H-pyrrole nitrogens is 1. The summed E-state index contributed by atoms with van der Waals surface area (Å²) in [6.07, 6.45) is 4.57. The number of nitrogens with zero attached hydrogens (tertiary/aromatic N) is 2. The summed E-state index contributed by atoms with van der Waals surface area (Å²) in [6, 6.07) is 6.17. The number of hydrogen-bond acceptors (Lipinski definition) is 3. The number of halogens is 1. The highest BCUT2D eigenvalue weighted by Crippen LogP contribution is 2.30. The number of likely N-dealkylation sites (tertiary alicyclic amines) is 1. The second-order valence-electron chi connectivity index (χ2n) is 6.12. The Morgan fingerprint density at radius 3 is 3.16 bits per heavy atom. The van der Waals surface area contributed by atoms with E-state index < -0.39 is 0 Å². The van der Waals surface area contributed by atoms with Crippen molar-refractivity contribution in [1.29, 1.82) is 0 Å². The van der Waals surface area contributed by atoms with Crippen molar-refractivity contribution in [3.63, 3.8) is 0 Å². The van der Waals surface area contributed by atoms with Crippen molar-refractivity contribution in [1.82, 2.24) is 20.2 Å². The Balaban J connectivity index is 1.75. The third kappa shape index (κ3) is 4.17. The van der Waals surface area contributed by atoms with E-state index in [1.807, 2.05) is 11.0 Å². The van der Waals surface area contributed by atoms with E-state index in [-0.39, 0.29) is 17.9 Å². The van der Waals surface area contributed by atoms with Crippen LogP contribution in [0.4, 0.5) is 9.18 Å². The van der Waals surface area contributed by atoms with Crippen molar-refractivity contribution in [3.05, 3.63) is 42.1 Å². The third-order valence-corrected chi connectivity index (χ3v) is 4.39. The van der Waals surface area contributed by atoms with Gasteiger partial charge in [0.05, 0.1) is 24.5 Å². The topological polar surface area (TPSA) is 70.2 Å². The van der Waals surface area contributed by atoms with Crippen LogP contribution in [0.5, 0.6) is 0 Å². The van der Waals surface area contributed by atoms with Gasteiger partial charge in [-0.15, -0.1) is 0 Å². The van der Waals surface area contributed by atoms with Gasteiger partial charge >= 0.3 is 6.03 Å². The zero-order chi connectivity index (χ0) is 17.6. The first kappa shape index (κ1) is 17.4. The van der Waals surface area contributed by atoms with E-state index in [2.05, 4.69) is 15.3 Å². The number of methoxy groups -OCH3 is 1. The number of hydrogen-bond donors (Lipinski definition) is 2. The summed E-state index contributed by atoms with van der Waals surface area (Å²) < 4.78 is 18.4. The predicted molar refractivity (Wildman–Crippen MR) is 92.6 cm³/mol. The molecule has 1 aromatic heterocycles. The van der Waals surface area contributed by atoms with Gasteiger partial charge < -0.3 is 19.9 Å². The van der Waals surface area contributed by atoms with Crippen LogP contribution < -0.4 is 5.32 Å². The molecular formula is C18H23FN4O2. The molecule has 1 aliphatic rings. The van der Waals surface area contributed by atoms with Crippen molar-refractivity contribution >= 4 is 6.03 Å². The lowest BCUT2D eigenvalue weighted by atomic mass is 10.0. The number of piperidine rings is 1. The van der Waals surface area contributed by atoms with Crippen LogP contribution in [0.3, 0.4) is 0 Å². The predicted octanol–water partition coefficient (Wildman–Crippen LogP) is 3.10. The minimum Gasteiger partial charge on any atom is -0.383 e. The maximum absolute atomic E-state index is 13.4. The average molecular weight is 346 g/mol. The number of benzene rings is 1. The van der Waals surface area contributed by atoms with Crippen LogP contribution in [-0.2, 0) is 4.74 Å². The minimum atomic E-state index is -0.287. The Labute approximate surface area is 146 Å². The average Bonchev–Trinajstić information content (AvgIpc) is 3.12. The smallest absolute Gasteiger partial charge is 0.318 e. The van der Waals surface area contributed by atoms with Crippen molar-refractivity contribution in [2.75, 3.05) is 26.8 Å². The SMILES string of the molecule is COCCNC(=O)N1CCCCC1c1ncc(-c2cccc(F)c2)[nH]1. The molecule has 0 spiro atoms. The fraction of sp³-hybridized carbons (Fsp3) is 0.444. The van der Waals surface area contributed by atoms with Gasteiger partial charge in [-0.3, -0.25) is 0 Å². The highest BCUT2D eigenvalue weighted by Gasteiger charge is 2.29. The molecule has 1 unspecified atom stereocenters. The van der Waals surface area contributed by atoms with Gasteiger partial charge in [0.15, 0.2) is 0 Å². The Morgan fingerprint density at radius 2 is 2.36 bits per heavy atom. The van der Waals surface area contributed by atoms with E-state index in [4.69, 9.17) is 4.74 Å². The molecule has 1 atom stereocenters. The second-order valence-corrected chi connectivity index (χ2v) is 6.12. The molecule has 2 heterocycles. The quantitative estimate of drug-likeness (QED) is 0.817. The molecule has 6 nitrogen and oxygen atoms in total. The molecular weight excluding hydrogens is 323 g/mol. The Bertz CT molecular complexity index is 719. The van der Waals surface area contributed by atoms with Gasteiger partial charge in [-0.25, -0.2) is 14.2 Å². The molecule has 2 amide bonds. The maximum atomic E-state index is 13.4. The molecule has 0 saturated carbocycles. The first-order chi connectivity index (χ1) is 12.2. The summed E-state index contributed by atoms with van der Waals surface area (Å²) in [4.78, 5) is 22.0. The highest BCUT2D eigenvalue weighted by molar-refractivity contribution is 5.74. The van der Waals surface area contributed by atoms with Gasteiger partial charge in [-0.05, 0) is 31.4 Å². The fourth-order valence-electron chi connectivity index (χ4n) is 3.13. The van der Waals surface area contributed by atoms with Crippen LogP contribution in [-0.4, -0.2) is 47.7 Å². The van der Waals surface area contributed by atoms with Crippen LogP contribution in [0.15, 0.2) is 30.5 Å². The van der Waals surface area contributed by atoms with Crippen LogP contribution in [0.2, 0.25) is 0 Å². The summed E-state index contributed by atoms with van der Waals surface area (Å²) in [7, 11) is 1.60. The normalized spacial score (nSPS) is 17.5. The van der Waals surface area contributed by atoms with E-state index in [1.54, 1.807) is 19.4 Å². The van der Waals surface area contributed by atoms with E-state index in [0.29, 0.717) is 19.7 Å². The third-order valence-electron chi connectivity index (χ3n) is 4.39. The molecule has 134 valence electrons. The summed E-state index contributed by atoms with van der Waals surface area (Å²) in [5, 5.41) is 2.87. The van der Waals surface area contributed by atoms with Crippen molar-refractivity contribution in [2.45, 2.75) is 25.3 Å². The molecule has 2 aromatic rings. The van der Waals surface area contributed by atoms with Gasteiger partial charge in [-0.2, -0.15) is 0 Å². The van der Waals surface area contributed by atoms with E-state index in [9.17, 15) is 9.18 Å². The molecule has 0 aliphatic carbocycles. The Hall–Kier alpha value is -2.41. The number of rotatable bonds is 5. The van der Waals surface area contributed by atoms with Crippen LogP contribution >= 0.6 is 0 Å². The van der Waals surface area contributed by atoms with E-state index in [0.717, 1.165) is 36.3 Å². The molecule has 2 N–H and O–H groups in total. The van der Waals surface area contributed by atoms with Crippen LogP contribution in [0.25, 0.3) is 11.3 Å². The van der Waals surface area contributed by atoms with E-state index in [1.165, 1.54) is 12.1 Å². The molecule has 1 fully saturated rings. The molecule has 1 saturated heterocycles. The molecule has 3 rings (SSSR count). The fourth-order valence-corrected chi connectivity index (χ4v) is 3.13. The number of carbonyl (C=O) groups excluding carboxylic acids is 1. The van der Waals surface area contributed by atoms with Crippen molar-refractivity contribution in [3.8, 4) is 11.3 Å². The first-order valence-electron chi connectivity index (χ1n) is 8.53. The van der Waals surface area contributed by atoms with Gasteiger partial charge in [0, 0.05) is 25.8 Å². The monoisotopic (exact) mass is 346 g/mol. The number of amides is 2. The molecule has 0 bridgehead atoms. The number of ether oxygens (including phenoxy) is 1. The molecule has 1 aromatic carbocycles. The van der Waals surface area contributed by atoms with Gasteiger partial charge in [0.2, 0.25) is 0 Å². The summed E-state index contributed by atoms with van der Waals surface area (Å²) in [5.74, 6) is 0.450. The Morgan fingerprint density at radius 1 is 1.48 bits per heavy atom. The van der Waals surface area contributed by atoms with Crippen molar-refractivity contribution in [2.24, 2.45) is 0 Å². The van der Waals surface area contributed by atoms with Crippen LogP contribution in [0.1, 0.15) is 31.1 Å². The number of urea groups is 1. The molecule has 1 aliphatic heterocycles. The van der Waals surface area contributed by atoms with Gasteiger partial charge in [0.25, 0.3) is 0 Å². The zero-order valence-corrected chi connectivity index (χ0v) is 14.3. The maximum Gasteiger partial charge on any atom is 0.318 e. The number of carbonyl (C=O) groups is 1. The lowest BCUT2D eigenvalue weighted by Crippen LogP contribution is -2.45. The van der Waals surface area contributed by atoms with Crippen LogP contribution in [0, 0.1) is 5.82 Å². The molecule has 0 radical (unpaired) electrons. The standard InChI is InChI=1S/C18H23FN4O2/c1-25-10-8-20-18(24)23-9-3-2-7-16(23)17-21-12-15(22-17)13-5-4-6-14(19)11-13/h4-6,11-12,16H,2-3,7-10H2,1H3,(H,20,24)(H,21,22). The molecule has 7 heteroatoms. The number of nitrogens with one attached hydrogen (secondary N) is 2. The number of imidazole rings is 1. The van der Waals surface area contributed by atoms with E-state index >= 15 is 0 Å². The van der Waals surface area contributed by atoms with Crippen molar-refractivity contribution < 1.29 is 13.9 Å². The van der Waals surface area contributed by atoms with Gasteiger partial charge in [0.1, 0.15) is 11.6 Å². The zero-order valence-electron chi connectivity index (χ0n) is 14.3. The summed E-state index contributed by atoms with van der Waals surface area (Å²) in [6.45, 7) is 1.65. The summed E-state index contributed by atoms with van der Waals surface area (Å²) in [5.41, 5.74) is 1.49. The lowest BCUT2D eigenvalue weighted by molar-refractivity contribution is 0.142. The second kappa shape index (κ2) is 8.11. The van der Waals surface area contributed by atoms with Gasteiger partial charge in [-0.1, -0.05) is 12.1 Å². The number of aromatic nitrogens is 2. The summed E-state index contributed by atoms with van der Waals surface area (Å²) >= 11 is 0. The highest BCUT2D eigenvalue weighted by atomic mass is 19.1. The first-order valence-corrected chi connectivity index (χ1v) is 8.53. The minimum absolute atomic E-state index is 0.0985. The number of aromatic amines is 1.